The third-order valence-corrected chi connectivity index (χ3v) is 6.20. The Morgan fingerprint density at radius 3 is 2.55 bits per heavy atom. The lowest BCUT2D eigenvalue weighted by molar-refractivity contribution is -0.137. The topological polar surface area (TPSA) is 69.6 Å². The molecule has 1 fully saturated rings. The Bertz CT molecular complexity index is 1070. The van der Waals surface area contributed by atoms with Crippen molar-refractivity contribution in [2.45, 2.75) is 31.9 Å². The lowest BCUT2D eigenvalue weighted by Gasteiger charge is -2.14. The zero-order valence-corrected chi connectivity index (χ0v) is 19.0. The standard InChI is InChI=1S/C23H21F3N2O3S2/c24-23(25,26)16-5-4-6-17(14-16)27-20(30)7-2-1-3-12-28-21(31)19(33-22(28)32)13-15-8-10-18(29)11-9-15/h4-6,8-11,13-14,29H,1-3,7,12H2,(H,27,30)/b19-13-. The van der Waals surface area contributed by atoms with Crippen molar-refractivity contribution in [3.8, 4) is 5.75 Å². The Balaban J connectivity index is 1.42. The lowest BCUT2D eigenvalue weighted by Crippen LogP contribution is -2.29. The van der Waals surface area contributed by atoms with Crippen LogP contribution in [-0.4, -0.2) is 32.7 Å². The molecular weight excluding hydrogens is 473 g/mol. The van der Waals surface area contributed by atoms with Crippen LogP contribution >= 0.6 is 24.0 Å². The first-order valence-electron chi connectivity index (χ1n) is 10.1. The molecule has 1 aliphatic rings. The van der Waals surface area contributed by atoms with Crippen molar-refractivity contribution in [2.75, 3.05) is 11.9 Å². The minimum atomic E-state index is -4.47. The van der Waals surface area contributed by atoms with Crippen LogP contribution in [-0.2, 0) is 15.8 Å². The van der Waals surface area contributed by atoms with Crippen molar-refractivity contribution in [2.24, 2.45) is 0 Å². The van der Waals surface area contributed by atoms with Crippen LogP contribution in [0.25, 0.3) is 6.08 Å². The van der Waals surface area contributed by atoms with Gasteiger partial charge < -0.3 is 10.4 Å². The van der Waals surface area contributed by atoms with Crippen molar-refractivity contribution < 1.29 is 27.9 Å². The van der Waals surface area contributed by atoms with Crippen LogP contribution in [0.5, 0.6) is 5.75 Å². The molecule has 1 heterocycles. The number of thioether (sulfide) groups is 1. The predicted octanol–water partition coefficient (Wildman–Crippen LogP) is 5.81. The number of anilines is 1. The lowest BCUT2D eigenvalue weighted by atomic mass is 10.1. The fourth-order valence-corrected chi connectivity index (χ4v) is 4.45. The van der Waals surface area contributed by atoms with Gasteiger partial charge in [0.2, 0.25) is 5.91 Å². The summed E-state index contributed by atoms with van der Waals surface area (Å²) in [7, 11) is 0. The molecular formula is C23H21F3N2O3S2. The quantitative estimate of drug-likeness (QED) is 0.275. The highest BCUT2D eigenvalue weighted by atomic mass is 32.2. The predicted molar refractivity (Wildman–Crippen MR) is 127 cm³/mol. The van der Waals surface area contributed by atoms with E-state index in [1.54, 1.807) is 18.2 Å². The van der Waals surface area contributed by atoms with E-state index in [4.69, 9.17) is 12.2 Å². The molecule has 0 bridgehead atoms. The number of unbranched alkanes of at least 4 members (excludes halogenated alkanes) is 2. The first-order chi connectivity index (χ1) is 15.6. The van der Waals surface area contributed by atoms with Crippen molar-refractivity contribution >= 4 is 51.9 Å². The van der Waals surface area contributed by atoms with Gasteiger partial charge in [0.1, 0.15) is 10.1 Å². The van der Waals surface area contributed by atoms with Crippen LogP contribution in [0.15, 0.2) is 53.4 Å². The number of alkyl halides is 3. The van der Waals surface area contributed by atoms with Gasteiger partial charge in [-0.25, -0.2) is 0 Å². The Kier molecular flexibility index (Phi) is 8.15. The van der Waals surface area contributed by atoms with E-state index in [0.29, 0.717) is 35.0 Å². The van der Waals surface area contributed by atoms with Crippen LogP contribution in [0.3, 0.4) is 0 Å². The maximum Gasteiger partial charge on any atom is 0.416 e. The summed E-state index contributed by atoms with van der Waals surface area (Å²) in [5.41, 5.74) is 0.0659. The molecule has 0 atom stereocenters. The molecule has 0 aromatic heterocycles. The summed E-state index contributed by atoms with van der Waals surface area (Å²) in [5, 5.41) is 11.8. The molecule has 2 amide bonds. The number of rotatable bonds is 8. The minimum Gasteiger partial charge on any atom is -0.508 e. The van der Waals surface area contributed by atoms with Crippen LogP contribution in [0, 0.1) is 0 Å². The van der Waals surface area contributed by atoms with Gasteiger partial charge in [0.25, 0.3) is 5.91 Å². The summed E-state index contributed by atoms with van der Waals surface area (Å²) in [6.07, 6.45) is -0.763. The van der Waals surface area contributed by atoms with Crippen LogP contribution < -0.4 is 5.32 Å². The van der Waals surface area contributed by atoms with Crippen molar-refractivity contribution in [3.05, 3.63) is 64.6 Å². The number of nitrogens with one attached hydrogen (secondary N) is 1. The monoisotopic (exact) mass is 494 g/mol. The van der Waals surface area contributed by atoms with Crippen LogP contribution in [0.1, 0.15) is 36.8 Å². The average Bonchev–Trinajstić information content (AvgIpc) is 3.02. The molecule has 0 aliphatic carbocycles. The number of phenolic OH excluding ortho intramolecular Hbond substituents is 1. The highest BCUT2D eigenvalue weighted by Crippen LogP contribution is 2.33. The SMILES string of the molecule is O=C(CCCCCN1C(=O)/C(=C/c2ccc(O)cc2)SC1=S)Nc1cccc(C(F)(F)F)c1. The second-order valence-corrected chi connectivity index (χ2v) is 9.04. The Hall–Kier alpha value is -2.85. The van der Waals surface area contributed by atoms with E-state index in [2.05, 4.69) is 5.32 Å². The molecule has 1 aliphatic heterocycles. The number of halogens is 3. The molecule has 33 heavy (non-hydrogen) atoms. The largest absolute Gasteiger partial charge is 0.508 e. The number of thiocarbonyl (C=S) groups is 1. The molecule has 0 radical (unpaired) electrons. The van der Waals surface area contributed by atoms with Gasteiger partial charge in [-0.3, -0.25) is 14.5 Å². The first kappa shape index (κ1) is 24.8. The highest BCUT2D eigenvalue weighted by molar-refractivity contribution is 8.26. The second kappa shape index (κ2) is 10.8. The fourth-order valence-electron chi connectivity index (χ4n) is 3.14. The first-order valence-corrected chi connectivity index (χ1v) is 11.4. The van der Waals surface area contributed by atoms with Gasteiger partial charge in [0.15, 0.2) is 0 Å². The zero-order valence-electron chi connectivity index (χ0n) is 17.4. The molecule has 3 rings (SSSR count). The van der Waals surface area contributed by atoms with E-state index in [0.717, 1.165) is 17.7 Å². The van der Waals surface area contributed by atoms with Gasteiger partial charge >= 0.3 is 6.18 Å². The number of carbonyl (C=O) groups excluding carboxylic acids is 2. The van der Waals surface area contributed by atoms with E-state index in [1.165, 1.54) is 40.9 Å². The van der Waals surface area contributed by atoms with Gasteiger partial charge in [-0.2, -0.15) is 13.2 Å². The van der Waals surface area contributed by atoms with Crippen molar-refractivity contribution in [1.82, 2.24) is 4.90 Å². The molecule has 0 saturated carbocycles. The molecule has 2 aromatic rings. The van der Waals surface area contributed by atoms with Crippen LogP contribution in [0.4, 0.5) is 18.9 Å². The number of hydrogen-bond donors (Lipinski definition) is 2. The van der Waals surface area contributed by atoms with Gasteiger partial charge in [0.05, 0.1) is 10.5 Å². The van der Waals surface area contributed by atoms with E-state index < -0.39 is 11.7 Å². The Labute approximate surface area is 198 Å². The molecule has 5 nitrogen and oxygen atoms in total. The Morgan fingerprint density at radius 1 is 1.12 bits per heavy atom. The van der Waals surface area contributed by atoms with E-state index in [1.807, 2.05) is 0 Å². The summed E-state index contributed by atoms with van der Waals surface area (Å²) in [6, 6.07) is 11.0. The van der Waals surface area contributed by atoms with Crippen LogP contribution in [0.2, 0.25) is 0 Å². The number of hydrogen-bond acceptors (Lipinski definition) is 5. The maximum absolute atomic E-state index is 12.8. The van der Waals surface area contributed by atoms with E-state index in [-0.39, 0.29) is 29.7 Å². The number of benzene rings is 2. The normalized spacial score (nSPS) is 15.4. The summed E-state index contributed by atoms with van der Waals surface area (Å²) in [5.74, 6) is -0.402. The number of nitrogens with zero attached hydrogens (tertiary/aromatic N) is 1. The molecule has 2 aromatic carbocycles. The number of phenols is 1. The molecule has 0 spiro atoms. The van der Waals surface area contributed by atoms with E-state index in [9.17, 15) is 27.9 Å². The third-order valence-electron chi connectivity index (χ3n) is 4.82. The molecule has 10 heteroatoms. The Morgan fingerprint density at radius 2 is 1.85 bits per heavy atom. The minimum absolute atomic E-state index is 0.104. The summed E-state index contributed by atoms with van der Waals surface area (Å²) in [6.45, 7) is 0.423. The number of aromatic hydroxyl groups is 1. The van der Waals surface area contributed by atoms with Gasteiger partial charge in [-0.1, -0.05) is 48.6 Å². The molecule has 174 valence electrons. The number of carbonyl (C=O) groups is 2. The third kappa shape index (κ3) is 7.06. The van der Waals surface area contributed by atoms with Gasteiger partial charge in [-0.15, -0.1) is 0 Å². The molecule has 0 unspecified atom stereocenters. The van der Waals surface area contributed by atoms with E-state index >= 15 is 0 Å². The highest BCUT2D eigenvalue weighted by Gasteiger charge is 2.32. The zero-order chi connectivity index (χ0) is 24.0. The summed E-state index contributed by atoms with van der Waals surface area (Å²) < 4.78 is 38.7. The smallest absolute Gasteiger partial charge is 0.416 e. The van der Waals surface area contributed by atoms with Crippen molar-refractivity contribution in [1.29, 1.82) is 0 Å². The average molecular weight is 495 g/mol. The fraction of sp³-hybridized carbons (Fsp3) is 0.261. The summed E-state index contributed by atoms with van der Waals surface area (Å²) >= 11 is 6.52. The maximum atomic E-state index is 12.8. The van der Waals surface area contributed by atoms with Gasteiger partial charge in [0, 0.05) is 18.7 Å². The second-order valence-electron chi connectivity index (χ2n) is 7.36. The summed E-state index contributed by atoms with van der Waals surface area (Å²) in [4.78, 5) is 26.7. The number of amides is 2. The van der Waals surface area contributed by atoms with Crippen molar-refractivity contribution in [3.63, 3.8) is 0 Å². The molecule has 2 N–H and O–H groups in total. The molecule has 1 saturated heterocycles. The van der Waals surface area contributed by atoms with Gasteiger partial charge in [-0.05, 0) is 54.8 Å².